The SMILES string of the molecule is CCNC(=NCC(C)C)NCCN1CCN(CC)CC1.I. The Kier molecular flexibility index (Phi) is 12.4. The molecule has 126 valence electrons. The molecule has 0 unspecified atom stereocenters. The summed E-state index contributed by atoms with van der Waals surface area (Å²) in [5, 5.41) is 6.74. The summed E-state index contributed by atoms with van der Waals surface area (Å²) >= 11 is 0. The average Bonchev–Trinajstić information content (AvgIpc) is 2.45. The number of hydrogen-bond acceptors (Lipinski definition) is 3. The molecule has 0 radical (unpaired) electrons. The van der Waals surface area contributed by atoms with Crippen molar-refractivity contribution in [2.24, 2.45) is 10.9 Å². The molecule has 0 bridgehead atoms. The molecular formula is C15H34IN5. The van der Waals surface area contributed by atoms with E-state index in [0.29, 0.717) is 5.92 Å². The van der Waals surface area contributed by atoms with Gasteiger partial charge in [0.2, 0.25) is 0 Å². The van der Waals surface area contributed by atoms with Crippen LogP contribution < -0.4 is 10.6 Å². The lowest BCUT2D eigenvalue weighted by Crippen LogP contribution is -2.49. The van der Waals surface area contributed by atoms with Crippen molar-refractivity contribution in [1.82, 2.24) is 20.4 Å². The summed E-state index contributed by atoms with van der Waals surface area (Å²) in [5.41, 5.74) is 0. The van der Waals surface area contributed by atoms with Crippen LogP contribution in [-0.2, 0) is 0 Å². The van der Waals surface area contributed by atoms with Crippen LogP contribution in [0.5, 0.6) is 0 Å². The molecule has 0 aliphatic carbocycles. The third-order valence-corrected chi connectivity index (χ3v) is 3.59. The van der Waals surface area contributed by atoms with Crippen molar-refractivity contribution in [3.8, 4) is 0 Å². The largest absolute Gasteiger partial charge is 0.357 e. The fourth-order valence-electron chi connectivity index (χ4n) is 2.28. The Morgan fingerprint density at radius 1 is 1.05 bits per heavy atom. The van der Waals surface area contributed by atoms with Gasteiger partial charge < -0.3 is 15.5 Å². The van der Waals surface area contributed by atoms with E-state index >= 15 is 0 Å². The summed E-state index contributed by atoms with van der Waals surface area (Å²) in [6, 6.07) is 0. The summed E-state index contributed by atoms with van der Waals surface area (Å²) in [4.78, 5) is 9.63. The Hall–Kier alpha value is -0.0800. The highest BCUT2D eigenvalue weighted by Gasteiger charge is 2.14. The van der Waals surface area contributed by atoms with E-state index in [1.807, 2.05) is 0 Å². The second-order valence-electron chi connectivity index (χ2n) is 5.82. The van der Waals surface area contributed by atoms with Gasteiger partial charge in [0, 0.05) is 52.4 Å². The molecule has 0 aromatic rings. The van der Waals surface area contributed by atoms with Crippen molar-refractivity contribution in [2.75, 3.05) is 58.9 Å². The van der Waals surface area contributed by atoms with Crippen molar-refractivity contribution in [3.63, 3.8) is 0 Å². The molecule has 1 fully saturated rings. The van der Waals surface area contributed by atoms with Crippen molar-refractivity contribution in [2.45, 2.75) is 27.7 Å². The van der Waals surface area contributed by atoms with Gasteiger partial charge in [-0.25, -0.2) is 0 Å². The molecule has 1 aliphatic rings. The molecule has 0 aromatic carbocycles. The number of guanidine groups is 1. The molecule has 6 heteroatoms. The normalized spacial score (nSPS) is 17.7. The standard InChI is InChI=1S/C15H33N5.HI/c1-5-16-15(18-13-14(3)4)17-7-8-20-11-9-19(6-2)10-12-20;/h14H,5-13H2,1-4H3,(H2,16,17,18);1H. The first kappa shape index (κ1) is 20.9. The van der Waals surface area contributed by atoms with E-state index in [2.05, 4.69) is 53.1 Å². The maximum Gasteiger partial charge on any atom is 0.191 e. The van der Waals surface area contributed by atoms with E-state index in [-0.39, 0.29) is 24.0 Å². The predicted octanol–water partition coefficient (Wildman–Crippen LogP) is 1.45. The van der Waals surface area contributed by atoms with Gasteiger partial charge in [0.25, 0.3) is 0 Å². The highest BCUT2D eigenvalue weighted by Crippen LogP contribution is 1.99. The first-order valence-electron chi connectivity index (χ1n) is 8.12. The molecule has 0 atom stereocenters. The summed E-state index contributed by atoms with van der Waals surface area (Å²) in [6.07, 6.45) is 0. The zero-order valence-corrected chi connectivity index (χ0v) is 16.5. The minimum atomic E-state index is 0. The van der Waals surface area contributed by atoms with Gasteiger partial charge in [-0.05, 0) is 19.4 Å². The smallest absolute Gasteiger partial charge is 0.191 e. The molecule has 0 amide bonds. The third-order valence-electron chi connectivity index (χ3n) is 3.59. The average molecular weight is 411 g/mol. The molecule has 1 aliphatic heterocycles. The van der Waals surface area contributed by atoms with Gasteiger partial charge in [0.1, 0.15) is 0 Å². The van der Waals surface area contributed by atoms with Crippen LogP contribution in [0.25, 0.3) is 0 Å². The summed E-state index contributed by atoms with van der Waals surface area (Å²) in [7, 11) is 0. The van der Waals surface area contributed by atoms with E-state index in [4.69, 9.17) is 0 Å². The van der Waals surface area contributed by atoms with E-state index in [1.54, 1.807) is 0 Å². The molecular weight excluding hydrogens is 377 g/mol. The number of hydrogen-bond donors (Lipinski definition) is 2. The topological polar surface area (TPSA) is 42.9 Å². The Labute approximate surface area is 148 Å². The van der Waals surface area contributed by atoms with Gasteiger partial charge in [-0.2, -0.15) is 0 Å². The van der Waals surface area contributed by atoms with Gasteiger partial charge in [0.15, 0.2) is 5.96 Å². The number of likely N-dealkylation sites (N-methyl/N-ethyl adjacent to an activating group) is 1. The van der Waals surface area contributed by atoms with Crippen LogP contribution in [0.15, 0.2) is 4.99 Å². The van der Waals surface area contributed by atoms with Crippen molar-refractivity contribution < 1.29 is 0 Å². The van der Waals surface area contributed by atoms with Crippen LogP contribution in [0.1, 0.15) is 27.7 Å². The van der Waals surface area contributed by atoms with Gasteiger partial charge in [-0.1, -0.05) is 20.8 Å². The van der Waals surface area contributed by atoms with E-state index in [0.717, 1.165) is 32.1 Å². The lowest BCUT2D eigenvalue weighted by molar-refractivity contribution is 0.139. The molecule has 0 spiro atoms. The minimum absolute atomic E-state index is 0. The van der Waals surface area contributed by atoms with Crippen molar-refractivity contribution >= 4 is 29.9 Å². The monoisotopic (exact) mass is 411 g/mol. The van der Waals surface area contributed by atoms with Crippen molar-refractivity contribution in [1.29, 1.82) is 0 Å². The van der Waals surface area contributed by atoms with E-state index < -0.39 is 0 Å². The maximum atomic E-state index is 4.59. The Bertz CT molecular complexity index is 275. The van der Waals surface area contributed by atoms with Crippen LogP contribution in [-0.4, -0.2) is 74.7 Å². The molecule has 1 saturated heterocycles. The molecule has 21 heavy (non-hydrogen) atoms. The summed E-state index contributed by atoms with van der Waals surface area (Å²) in [5.74, 6) is 1.56. The molecule has 0 aromatic heterocycles. The zero-order chi connectivity index (χ0) is 14.8. The van der Waals surface area contributed by atoms with Crippen LogP contribution in [0.3, 0.4) is 0 Å². The first-order valence-corrected chi connectivity index (χ1v) is 8.12. The van der Waals surface area contributed by atoms with Gasteiger partial charge >= 0.3 is 0 Å². The number of halogens is 1. The zero-order valence-electron chi connectivity index (χ0n) is 14.2. The molecule has 0 saturated carbocycles. The number of piperazine rings is 1. The number of nitrogens with zero attached hydrogens (tertiary/aromatic N) is 3. The summed E-state index contributed by atoms with van der Waals surface area (Å²) in [6.45, 7) is 18.6. The number of nitrogens with one attached hydrogen (secondary N) is 2. The maximum absolute atomic E-state index is 4.59. The fourth-order valence-corrected chi connectivity index (χ4v) is 2.28. The van der Waals surface area contributed by atoms with Crippen LogP contribution in [0.4, 0.5) is 0 Å². The van der Waals surface area contributed by atoms with Crippen LogP contribution in [0.2, 0.25) is 0 Å². The minimum Gasteiger partial charge on any atom is -0.357 e. The van der Waals surface area contributed by atoms with Gasteiger partial charge in [-0.15, -0.1) is 24.0 Å². The van der Waals surface area contributed by atoms with Gasteiger partial charge in [0.05, 0.1) is 0 Å². The first-order chi connectivity index (χ1) is 9.65. The summed E-state index contributed by atoms with van der Waals surface area (Å²) < 4.78 is 0. The third kappa shape index (κ3) is 9.52. The molecule has 5 nitrogen and oxygen atoms in total. The predicted molar refractivity (Wildman–Crippen MR) is 103 cm³/mol. The molecule has 2 N–H and O–H groups in total. The lowest BCUT2D eigenvalue weighted by atomic mass is 10.2. The second kappa shape index (κ2) is 12.5. The second-order valence-corrected chi connectivity index (χ2v) is 5.82. The Balaban J connectivity index is 0.00000400. The number of rotatable bonds is 7. The Morgan fingerprint density at radius 3 is 2.19 bits per heavy atom. The van der Waals surface area contributed by atoms with Gasteiger partial charge in [-0.3, -0.25) is 9.89 Å². The van der Waals surface area contributed by atoms with Crippen LogP contribution in [0, 0.1) is 5.92 Å². The fraction of sp³-hybridized carbons (Fsp3) is 0.933. The van der Waals surface area contributed by atoms with Crippen LogP contribution >= 0.6 is 24.0 Å². The highest BCUT2D eigenvalue weighted by atomic mass is 127. The van der Waals surface area contributed by atoms with Crippen molar-refractivity contribution in [3.05, 3.63) is 0 Å². The molecule has 1 rings (SSSR count). The highest BCUT2D eigenvalue weighted by molar-refractivity contribution is 14.0. The quantitative estimate of drug-likeness (QED) is 0.378. The lowest BCUT2D eigenvalue weighted by Gasteiger charge is -2.34. The van der Waals surface area contributed by atoms with E-state index in [1.165, 1.54) is 32.7 Å². The number of aliphatic imine (C=N–C) groups is 1. The van der Waals surface area contributed by atoms with E-state index in [9.17, 15) is 0 Å². The Morgan fingerprint density at radius 2 is 1.67 bits per heavy atom. The molecule has 1 heterocycles.